The zero-order valence-corrected chi connectivity index (χ0v) is 9.42. The molecule has 0 heterocycles. The third-order valence-corrected chi connectivity index (χ3v) is 2.04. The molecule has 0 saturated carbocycles. The van der Waals surface area contributed by atoms with Crippen LogP contribution in [-0.2, 0) is 9.59 Å². The zero-order chi connectivity index (χ0) is 13.7. The molecule has 0 radical (unpaired) electrons. The van der Waals surface area contributed by atoms with Crippen LogP contribution >= 0.6 is 0 Å². The lowest BCUT2D eigenvalue weighted by atomic mass is 10.2. The van der Waals surface area contributed by atoms with Crippen molar-refractivity contribution < 1.29 is 29.6 Å². The molecule has 0 aliphatic carbocycles. The van der Waals surface area contributed by atoms with Gasteiger partial charge in [-0.05, 0) is 6.42 Å². The van der Waals surface area contributed by atoms with Gasteiger partial charge in [0.05, 0.1) is 6.42 Å². The molecule has 1 rings (SSSR count). The van der Waals surface area contributed by atoms with E-state index in [1.165, 1.54) is 0 Å². The molecule has 0 fully saturated rings. The van der Waals surface area contributed by atoms with Crippen LogP contribution in [0.1, 0.15) is 12.8 Å². The smallest absolute Gasteiger partial charge is 0.330 e. The van der Waals surface area contributed by atoms with Gasteiger partial charge < -0.3 is 20.1 Å². The highest BCUT2D eigenvalue weighted by atomic mass is 16.5. The van der Waals surface area contributed by atoms with Crippen molar-refractivity contribution in [1.29, 1.82) is 0 Å². The van der Waals surface area contributed by atoms with Crippen molar-refractivity contribution in [3.63, 3.8) is 0 Å². The molecule has 6 heteroatoms. The first-order chi connectivity index (χ1) is 8.38. The summed E-state index contributed by atoms with van der Waals surface area (Å²) in [7, 11) is 0. The highest BCUT2D eigenvalue weighted by Crippen LogP contribution is 2.26. The third-order valence-electron chi connectivity index (χ3n) is 2.04. The van der Waals surface area contributed by atoms with E-state index < -0.39 is 11.9 Å². The van der Waals surface area contributed by atoms with Gasteiger partial charge >= 0.3 is 11.9 Å². The molecule has 3 N–H and O–H groups in total. The average Bonchev–Trinajstić information content (AvgIpc) is 2.24. The fraction of sp³-hybridized carbons (Fsp3) is 0.167. The van der Waals surface area contributed by atoms with Gasteiger partial charge in [0.25, 0.3) is 0 Å². The predicted octanol–water partition coefficient (Wildman–Crippen LogP) is 1.42. The normalized spacial score (nSPS) is 9.78. The van der Waals surface area contributed by atoms with Gasteiger partial charge in [0, 0.05) is 23.8 Å². The number of rotatable bonds is 5. The molecule has 0 saturated heterocycles. The number of carboxylic acids is 1. The fourth-order valence-corrected chi connectivity index (χ4v) is 1.17. The Morgan fingerprint density at radius 2 is 1.67 bits per heavy atom. The average molecular weight is 252 g/mol. The second-order valence-electron chi connectivity index (χ2n) is 3.57. The van der Waals surface area contributed by atoms with Crippen LogP contribution < -0.4 is 4.74 Å². The van der Waals surface area contributed by atoms with Gasteiger partial charge in [-0.1, -0.05) is 6.58 Å². The Bertz CT molecular complexity index is 471. The van der Waals surface area contributed by atoms with E-state index in [0.29, 0.717) is 0 Å². The number of benzene rings is 1. The molecule has 6 nitrogen and oxygen atoms in total. The lowest BCUT2D eigenvalue weighted by Gasteiger charge is -2.05. The van der Waals surface area contributed by atoms with Gasteiger partial charge in [-0.15, -0.1) is 0 Å². The molecule has 0 spiro atoms. The van der Waals surface area contributed by atoms with E-state index in [9.17, 15) is 9.59 Å². The van der Waals surface area contributed by atoms with E-state index in [2.05, 4.69) is 6.58 Å². The van der Waals surface area contributed by atoms with Crippen molar-refractivity contribution >= 4 is 11.9 Å². The Kier molecular flexibility index (Phi) is 4.31. The van der Waals surface area contributed by atoms with E-state index >= 15 is 0 Å². The number of ether oxygens (including phenoxy) is 1. The summed E-state index contributed by atoms with van der Waals surface area (Å²) in [6, 6.07) is 3.40. The Balaban J connectivity index is 2.54. The third kappa shape index (κ3) is 4.17. The standard InChI is InChI=1S/C12H12O6/c1-7(12(16)17)2-3-11(15)18-10-5-8(13)4-9(14)6-10/h4-6,13-14H,1-3H2,(H,16,17). The van der Waals surface area contributed by atoms with Crippen LogP contribution in [0.25, 0.3) is 0 Å². The van der Waals surface area contributed by atoms with Crippen molar-refractivity contribution in [2.45, 2.75) is 12.8 Å². The van der Waals surface area contributed by atoms with Gasteiger partial charge in [0.1, 0.15) is 17.2 Å². The Hall–Kier alpha value is -2.50. The minimum Gasteiger partial charge on any atom is -0.508 e. The Morgan fingerprint density at radius 3 is 2.17 bits per heavy atom. The number of aliphatic carboxylic acids is 1. The maximum Gasteiger partial charge on any atom is 0.330 e. The lowest BCUT2D eigenvalue weighted by molar-refractivity contribution is -0.134. The minimum atomic E-state index is -1.17. The lowest BCUT2D eigenvalue weighted by Crippen LogP contribution is -2.09. The number of esters is 1. The van der Waals surface area contributed by atoms with Crippen molar-refractivity contribution in [3.05, 3.63) is 30.4 Å². The van der Waals surface area contributed by atoms with E-state index in [4.69, 9.17) is 20.1 Å². The van der Waals surface area contributed by atoms with Gasteiger partial charge in [0.15, 0.2) is 0 Å². The Morgan fingerprint density at radius 1 is 1.11 bits per heavy atom. The van der Waals surface area contributed by atoms with Crippen molar-refractivity contribution in [3.8, 4) is 17.2 Å². The molecule has 0 amide bonds. The summed E-state index contributed by atoms with van der Waals surface area (Å²) in [5.74, 6) is -2.35. The summed E-state index contributed by atoms with van der Waals surface area (Å²) in [4.78, 5) is 21.8. The maximum atomic E-state index is 11.3. The van der Waals surface area contributed by atoms with Crippen LogP contribution in [-0.4, -0.2) is 27.3 Å². The van der Waals surface area contributed by atoms with Crippen molar-refractivity contribution in [2.75, 3.05) is 0 Å². The van der Waals surface area contributed by atoms with E-state index in [1.54, 1.807) is 0 Å². The van der Waals surface area contributed by atoms with Gasteiger partial charge in [0.2, 0.25) is 0 Å². The molecule has 18 heavy (non-hydrogen) atoms. The topological polar surface area (TPSA) is 104 Å². The van der Waals surface area contributed by atoms with Crippen LogP contribution in [0.15, 0.2) is 30.4 Å². The first kappa shape index (κ1) is 13.6. The maximum absolute atomic E-state index is 11.3. The van der Waals surface area contributed by atoms with Crippen LogP contribution in [0, 0.1) is 0 Å². The van der Waals surface area contributed by atoms with Gasteiger partial charge in [-0.2, -0.15) is 0 Å². The van der Waals surface area contributed by atoms with Crippen LogP contribution in [0.2, 0.25) is 0 Å². The largest absolute Gasteiger partial charge is 0.508 e. The number of hydrogen-bond acceptors (Lipinski definition) is 5. The number of carbonyl (C=O) groups is 2. The van der Waals surface area contributed by atoms with Gasteiger partial charge in [-0.25, -0.2) is 4.79 Å². The molecule has 0 bridgehead atoms. The van der Waals surface area contributed by atoms with E-state index in [-0.39, 0.29) is 35.7 Å². The van der Waals surface area contributed by atoms with E-state index in [0.717, 1.165) is 18.2 Å². The Labute approximate surface area is 103 Å². The second kappa shape index (κ2) is 5.72. The molecule has 0 atom stereocenters. The number of hydrogen-bond donors (Lipinski definition) is 3. The van der Waals surface area contributed by atoms with E-state index in [1.807, 2.05) is 0 Å². The number of aromatic hydroxyl groups is 2. The second-order valence-corrected chi connectivity index (χ2v) is 3.57. The first-order valence-electron chi connectivity index (χ1n) is 5.03. The number of phenols is 2. The van der Waals surface area contributed by atoms with Crippen LogP contribution in [0.5, 0.6) is 17.2 Å². The van der Waals surface area contributed by atoms with Crippen molar-refractivity contribution in [1.82, 2.24) is 0 Å². The number of carboxylic acid groups (broad SMARTS) is 1. The van der Waals surface area contributed by atoms with Crippen LogP contribution in [0.4, 0.5) is 0 Å². The molecule has 96 valence electrons. The predicted molar refractivity (Wildman–Crippen MR) is 61.4 cm³/mol. The first-order valence-corrected chi connectivity index (χ1v) is 5.03. The summed E-state index contributed by atoms with van der Waals surface area (Å²) < 4.78 is 4.81. The molecular weight excluding hydrogens is 240 g/mol. The molecule has 1 aromatic carbocycles. The molecule has 0 aliphatic rings. The molecule has 0 unspecified atom stereocenters. The minimum absolute atomic E-state index is 0.0153. The highest BCUT2D eigenvalue weighted by molar-refractivity contribution is 5.86. The summed E-state index contributed by atoms with van der Waals surface area (Å²) in [5, 5.41) is 26.8. The summed E-state index contributed by atoms with van der Waals surface area (Å²) in [6.07, 6.45) is -0.180. The number of phenolic OH excluding ortho intramolecular Hbond substituents is 2. The molecule has 0 aliphatic heterocycles. The van der Waals surface area contributed by atoms with Crippen LogP contribution in [0.3, 0.4) is 0 Å². The summed E-state index contributed by atoms with van der Waals surface area (Å²) in [5.41, 5.74) is -0.0919. The monoisotopic (exact) mass is 252 g/mol. The summed E-state index contributed by atoms with van der Waals surface area (Å²) in [6.45, 7) is 3.27. The SMILES string of the molecule is C=C(CCC(=O)Oc1cc(O)cc(O)c1)C(=O)O. The highest BCUT2D eigenvalue weighted by Gasteiger charge is 2.10. The zero-order valence-electron chi connectivity index (χ0n) is 9.42. The quantitative estimate of drug-likeness (QED) is 0.416. The molecule has 0 aromatic heterocycles. The number of carbonyl (C=O) groups excluding carboxylic acids is 1. The fourth-order valence-electron chi connectivity index (χ4n) is 1.17. The summed E-state index contributed by atoms with van der Waals surface area (Å²) >= 11 is 0. The van der Waals surface area contributed by atoms with Crippen molar-refractivity contribution in [2.24, 2.45) is 0 Å². The molecular formula is C12H12O6. The van der Waals surface area contributed by atoms with Gasteiger partial charge in [-0.3, -0.25) is 4.79 Å². The molecule has 1 aromatic rings.